The fourth-order valence-corrected chi connectivity index (χ4v) is 4.45. The van der Waals surface area contributed by atoms with E-state index < -0.39 is 5.25 Å². The molecular weight excluding hydrogens is 426 g/mol. The van der Waals surface area contributed by atoms with E-state index in [-0.39, 0.29) is 24.2 Å². The number of carbonyl (C=O) groups excluding carboxylic acids is 2. The predicted molar refractivity (Wildman–Crippen MR) is 129 cm³/mol. The minimum atomic E-state index is -0.516. The zero-order valence-corrected chi connectivity index (χ0v) is 19.9. The summed E-state index contributed by atoms with van der Waals surface area (Å²) in [5, 5.41) is 2.96. The lowest BCUT2D eigenvalue weighted by molar-refractivity contribution is -0.128. The number of thioether (sulfide) groups is 1. The van der Waals surface area contributed by atoms with Crippen LogP contribution in [-0.2, 0) is 9.59 Å². The quantitative estimate of drug-likeness (QED) is 0.628. The van der Waals surface area contributed by atoms with Crippen molar-refractivity contribution >= 4 is 40.1 Å². The summed E-state index contributed by atoms with van der Waals surface area (Å²) in [7, 11) is 3.09. The highest BCUT2D eigenvalue weighted by Gasteiger charge is 2.39. The van der Waals surface area contributed by atoms with Crippen LogP contribution in [0.2, 0.25) is 0 Å². The third-order valence-electron chi connectivity index (χ3n) is 4.86. The molecule has 0 spiro atoms. The van der Waals surface area contributed by atoms with Gasteiger partial charge in [-0.15, -0.1) is 0 Å². The molecule has 0 aromatic heterocycles. The zero-order chi connectivity index (χ0) is 23.3. The average Bonchev–Trinajstić information content (AvgIpc) is 3.03. The van der Waals surface area contributed by atoms with Gasteiger partial charge in [0.05, 0.1) is 19.9 Å². The Kier molecular flexibility index (Phi) is 7.80. The molecule has 2 aromatic rings. The van der Waals surface area contributed by atoms with Crippen molar-refractivity contribution in [3.8, 4) is 11.5 Å². The summed E-state index contributed by atoms with van der Waals surface area (Å²) in [5.74, 6) is 1.05. The molecular formula is C24H29N3O4S. The first-order valence-corrected chi connectivity index (χ1v) is 11.3. The van der Waals surface area contributed by atoms with E-state index in [1.165, 1.54) is 18.9 Å². The van der Waals surface area contributed by atoms with Crippen molar-refractivity contribution in [2.24, 2.45) is 10.9 Å². The molecule has 8 heteroatoms. The molecule has 7 nitrogen and oxygen atoms in total. The monoisotopic (exact) mass is 455 g/mol. The van der Waals surface area contributed by atoms with E-state index in [9.17, 15) is 9.59 Å². The Morgan fingerprint density at radius 2 is 1.81 bits per heavy atom. The summed E-state index contributed by atoms with van der Waals surface area (Å²) in [6.45, 7) is 6.68. The second-order valence-electron chi connectivity index (χ2n) is 8.00. The van der Waals surface area contributed by atoms with Crippen LogP contribution >= 0.6 is 11.8 Å². The van der Waals surface area contributed by atoms with Crippen LogP contribution in [0, 0.1) is 12.8 Å². The molecule has 1 atom stereocenters. The molecule has 0 aliphatic carbocycles. The molecule has 3 rings (SSSR count). The highest BCUT2D eigenvalue weighted by molar-refractivity contribution is 8.15. The number of rotatable bonds is 8. The molecule has 1 saturated heterocycles. The summed E-state index contributed by atoms with van der Waals surface area (Å²) in [6, 6.07) is 13.0. The van der Waals surface area contributed by atoms with Crippen LogP contribution in [0.1, 0.15) is 25.8 Å². The molecule has 1 N–H and O–H groups in total. The van der Waals surface area contributed by atoms with Gasteiger partial charge in [-0.2, -0.15) is 0 Å². The number of benzene rings is 2. The largest absolute Gasteiger partial charge is 0.493 e. The first-order valence-electron chi connectivity index (χ1n) is 10.5. The van der Waals surface area contributed by atoms with E-state index in [0.29, 0.717) is 28.9 Å². The van der Waals surface area contributed by atoms with Gasteiger partial charge in [0.2, 0.25) is 11.8 Å². The molecule has 0 radical (unpaired) electrons. The van der Waals surface area contributed by atoms with Crippen LogP contribution in [0.15, 0.2) is 47.5 Å². The number of nitrogens with one attached hydrogen (secondary N) is 1. The van der Waals surface area contributed by atoms with Crippen LogP contribution < -0.4 is 14.8 Å². The topological polar surface area (TPSA) is 80.2 Å². The summed E-state index contributed by atoms with van der Waals surface area (Å²) >= 11 is 1.34. The maximum atomic E-state index is 13.1. The minimum absolute atomic E-state index is 0.0549. The zero-order valence-electron chi connectivity index (χ0n) is 19.0. The summed E-state index contributed by atoms with van der Waals surface area (Å²) in [5.41, 5.74) is 2.51. The number of amidine groups is 1. The Labute approximate surface area is 193 Å². The third-order valence-corrected chi connectivity index (χ3v) is 6.04. The van der Waals surface area contributed by atoms with E-state index >= 15 is 0 Å². The molecule has 1 heterocycles. The Balaban J connectivity index is 1.73. The first-order chi connectivity index (χ1) is 15.3. The van der Waals surface area contributed by atoms with Gasteiger partial charge in [-0.25, -0.2) is 4.99 Å². The van der Waals surface area contributed by atoms with Crippen molar-refractivity contribution in [3.05, 3.63) is 48.0 Å². The molecule has 2 aromatic carbocycles. The number of anilines is 1. The summed E-state index contributed by atoms with van der Waals surface area (Å²) in [6.07, 6.45) is 0.0549. The van der Waals surface area contributed by atoms with Crippen molar-refractivity contribution in [1.29, 1.82) is 0 Å². The highest BCUT2D eigenvalue weighted by Crippen LogP contribution is 2.33. The number of nitrogens with zero attached hydrogens (tertiary/aromatic N) is 2. The van der Waals surface area contributed by atoms with E-state index in [4.69, 9.17) is 9.47 Å². The van der Waals surface area contributed by atoms with Gasteiger partial charge in [-0.05, 0) is 37.1 Å². The van der Waals surface area contributed by atoms with Gasteiger partial charge in [0.25, 0.3) is 0 Å². The number of hydrogen-bond acceptors (Lipinski definition) is 6. The predicted octanol–water partition coefficient (Wildman–Crippen LogP) is 4.63. The second kappa shape index (κ2) is 10.5. The summed E-state index contributed by atoms with van der Waals surface area (Å²) in [4.78, 5) is 32.2. The number of aryl methyl sites for hydroxylation is 1. The van der Waals surface area contributed by atoms with E-state index in [1.807, 2.05) is 31.2 Å². The van der Waals surface area contributed by atoms with Crippen molar-refractivity contribution in [2.75, 3.05) is 26.1 Å². The first kappa shape index (κ1) is 23.7. The Hall–Kier alpha value is -3.00. The van der Waals surface area contributed by atoms with Gasteiger partial charge in [0.15, 0.2) is 16.7 Å². The highest BCUT2D eigenvalue weighted by atomic mass is 32.2. The number of ether oxygens (including phenoxy) is 2. The molecule has 32 heavy (non-hydrogen) atoms. The Bertz CT molecular complexity index is 1000. The summed E-state index contributed by atoms with van der Waals surface area (Å²) < 4.78 is 10.5. The number of aliphatic imine (C=N–C) groups is 1. The maximum absolute atomic E-state index is 13.1. The molecule has 1 aliphatic rings. The number of carbonyl (C=O) groups is 2. The van der Waals surface area contributed by atoms with Crippen LogP contribution in [0.3, 0.4) is 0 Å². The lowest BCUT2D eigenvalue weighted by Gasteiger charge is -2.18. The second-order valence-corrected chi connectivity index (χ2v) is 9.17. The van der Waals surface area contributed by atoms with Gasteiger partial charge in [-0.1, -0.05) is 43.3 Å². The standard InChI is InChI=1S/C24H29N3O4S/c1-15(2)14-27-23(29)21(32-24(27)26-17-8-6-16(3)7-9-17)13-22(28)25-18-10-11-19(30-4)20(12-18)31-5/h6-12,15,21H,13-14H2,1-5H3,(H,25,28). The molecule has 1 aliphatic heterocycles. The lowest BCUT2D eigenvalue weighted by Crippen LogP contribution is -2.36. The van der Waals surface area contributed by atoms with E-state index in [2.05, 4.69) is 24.2 Å². The number of amides is 2. The fourth-order valence-electron chi connectivity index (χ4n) is 3.28. The van der Waals surface area contributed by atoms with Crippen molar-refractivity contribution in [1.82, 2.24) is 4.90 Å². The minimum Gasteiger partial charge on any atom is -0.493 e. The van der Waals surface area contributed by atoms with E-state index in [1.54, 1.807) is 30.2 Å². The molecule has 0 saturated carbocycles. The van der Waals surface area contributed by atoms with Crippen LogP contribution in [0.5, 0.6) is 11.5 Å². The molecule has 170 valence electrons. The normalized spacial score (nSPS) is 17.2. The van der Waals surface area contributed by atoms with Gasteiger partial charge in [0, 0.05) is 24.7 Å². The van der Waals surface area contributed by atoms with Gasteiger partial charge >= 0.3 is 0 Å². The van der Waals surface area contributed by atoms with Crippen LogP contribution in [0.4, 0.5) is 11.4 Å². The van der Waals surface area contributed by atoms with Gasteiger partial charge in [0.1, 0.15) is 5.25 Å². The Morgan fingerprint density at radius 1 is 1.12 bits per heavy atom. The van der Waals surface area contributed by atoms with Crippen LogP contribution in [-0.4, -0.2) is 47.9 Å². The van der Waals surface area contributed by atoms with Crippen molar-refractivity contribution in [3.63, 3.8) is 0 Å². The van der Waals surface area contributed by atoms with Crippen molar-refractivity contribution < 1.29 is 19.1 Å². The SMILES string of the molecule is COc1ccc(NC(=O)CC2SC(=Nc3ccc(C)cc3)N(CC(C)C)C2=O)cc1OC. The number of methoxy groups -OCH3 is 2. The lowest BCUT2D eigenvalue weighted by atomic mass is 10.2. The fraction of sp³-hybridized carbons (Fsp3) is 0.375. The van der Waals surface area contributed by atoms with Crippen LogP contribution in [0.25, 0.3) is 0 Å². The maximum Gasteiger partial charge on any atom is 0.242 e. The third kappa shape index (κ3) is 5.82. The smallest absolute Gasteiger partial charge is 0.242 e. The van der Waals surface area contributed by atoms with Gasteiger partial charge < -0.3 is 14.8 Å². The molecule has 0 bridgehead atoms. The molecule has 1 unspecified atom stereocenters. The molecule has 2 amide bonds. The average molecular weight is 456 g/mol. The Morgan fingerprint density at radius 3 is 2.44 bits per heavy atom. The molecule has 1 fully saturated rings. The number of hydrogen-bond donors (Lipinski definition) is 1. The van der Waals surface area contributed by atoms with Gasteiger partial charge in [-0.3, -0.25) is 14.5 Å². The van der Waals surface area contributed by atoms with E-state index in [0.717, 1.165) is 11.3 Å². The van der Waals surface area contributed by atoms with Crippen molar-refractivity contribution in [2.45, 2.75) is 32.4 Å².